The number of amides is 1. The zero-order valence-electron chi connectivity index (χ0n) is 11.1. The van der Waals surface area contributed by atoms with Crippen molar-refractivity contribution in [1.82, 2.24) is 4.90 Å². The lowest BCUT2D eigenvalue weighted by atomic mass is 10.1. The topological polar surface area (TPSA) is 74.7 Å². The summed E-state index contributed by atoms with van der Waals surface area (Å²) in [7, 11) is -3.08. The Kier molecular flexibility index (Phi) is 5.66. The first-order valence-electron chi connectivity index (χ1n) is 6.41. The number of aliphatic hydroxyl groups excluding tert-OH is 1. The number of nitrogens with zero attached hydrogens (tertiary/aromatic N) is 1. The van der Waals surface area contributed by atoms with Crippen LogP contribution in [-0.2, 0) is 9.84 Å². The van der Waals surface area contributed by atoms with Gasteiger partial charge in [-0.05, 0) is 63.1 Å². The SMILES string of the molecule is O=C(c1cc(I)ccc1Br)N(CCO)C1CCS(=O)(=O)C1. The molecule has 1 heterocycles. The molecule has 1 saturated heterocycles. The Labute approximate surface area is 145 Å². The standard InChI is InChI=1S/C13H15BrINO4S/c14-12-2-1-9(15)7-11(12)13(18)16(4-5-17)10-3-6-21(19,20)8-10/h1-2,7,10,17H,3-6,8H2. The van der Waals surface area contributed by atoms with Gasteiger partial charge in [-0.15, -0.1) is 0 Å². The average molecular weight is 488 g/mol. The smallest absolute Gasteiger partial charge is 0.255 e. The van der Waals surface area contributed by atoms with Crippen molar-refractivity contribution >= 4 is 54.3 Å². The fourth-order valence-corrected chi connectivity index (χ4v) is 5.03. The Morgan fingerprint density at radius 1 is 1.48 bits per heavy atom. The molecular weight excluding hydrogens is 473 g/mol. The molecule has 0 aromatic heterocycles. The van der Waals surface area contributed by atoms with E-state index in [1.807, 2.05) is 6.07 Å². The summed E-state index contributed by atoms with van der Waals surface area (Å²) in [6.45, 7) is -0.0548. The monoisotopic (exact) mass is 487 g/mol. The Hall–Kier alpha value is -0.190. The Morgan fingerprint density at radius 2 is 2.19 bits per heavy atom. The van der Waals surface area contributed by atoms with Crippen LogP contribution in [0.4, 0.5) is 0 Å². The molecule has 8 heteroatoms. The number of aliphatic hydroxyl groups is 1. The molecule has 0 radical (unpaired) electrons. The molecule has 1 aliphatic rings. The van der Waals surface area contributed by atoms with Crippen molar-refractivity contribution in [2.45, 2.75) is 12.5 Å². The van der Waals surface area contributed by atoms with Gasteiger partial charge in [0, 0.05) is 20.6 Å². The summed E-state index contributed by atoms with van der Waals surface area (Å²) in [6, 6.07) is 5.05. The third-order valence-electron chi connectivity index (χ3n) is 3.41. The lowest BCUT2D eigenvalue weighted by molar-refractivity contribution is 0.0654. The third-order valence-corrected chi connectivity index (χ3v) is 6.52. The molecule has 1 amide bonds. The number of hydrogen-bond donors (Lipinski definition) is 1. The molecule has 0 aliphatic carbocycles. The van der Waals surface area contributed by atoms with E-state index in [0.717, 1.165) is 3.57 Å². The second kappa shape index (κ2) is 6.93. The maximum atomic E-state index is 12.7. The van der Waals surface area contributed by atoms with Crippen molar-refractivity contribution < 1.29 is 18.3 Å². The molecule has 21 heavy (non-hydrogen) atoms. The summed E-state index contributed by atoms with van der Waals surface area (Å²) in [5.74, 6) is -0.183. The number of rotatable bonds is 4. The summed E-state index contributed by atoms with van der Waals surface area (Å²) in [5.41, 5.74) is 0.486. The van der Waals surface area contributed by atoms with E-state index >= 15 is 0 Å². The van der Waals surface area contributed by atoms with Gasteiger partial charge in [-0.2, -0.15) is 0 Å². The molecule has 1 aromatic rings. The highest BCUT2D eigenvalue weighted by molar-refractivity contribution is 14.1. The number of carbonyl (C=O) groups excluding carboxylic acids is 1. The number of sulfone groups is 1. The fraction of sp³-hybridized carbons (Fsp3) is 0.462. The predicted octanol–water partition coefficient (Wildman–Crippen LogP) is 1.68. The number of halogens is 2. The van der Waals surface area contributed by atoms with Gasteiger partial charge < -0.3 is 10.0 Å². The lowest BCUT2D eigenvalue weighted by Crippen LogP contribution is -2.43. The number of hydrogen-bond acceptors (Lipinski definition) is 4. The van der Waals surface area contributed by atoms with Crippen LogP contribution in [0.15, 0.2) is 22.7 Å². The molecule has 0 spiro atoms. The van der Waals surface area contributed by atoms with E-state index in [4.69, 9.17) is 0 Å². The third kappa shape index (κ3) is 4.17. The van der Waals surface area contributed by atoms with Crippen LogP contribution >= 0.6 is 38.5 Å². The van der Waals surface area contributed by atoms with Crippen LogP contribution in [0.1, 0.15) is 16.8 Å². The molecule has 5 nitrogen and oxygen atoms in total. The molecule has 1 atom stereocenters. The molecule has 1 aliphatic heterocycles. The van der Waals surface area contributed by atoms with Gasteiger partial charge in [-0.1, -0.05) is 0 Å². The summed E-state index contributed by atoms with van der Waals surface area (Å²) < 4.78 is 24.8. The van der Waals surface area contributed by atoms with Crippen molar-refractivity contribution in [3.8, 4) is 0 Å². The van der Waals surface area contributed by atoms with Gasteiger partial charge in [0.25, 0.3) is 5.91 Å². The Balaban J connectivity index is 2.30. The van der Waals surface area contributed by atoms with E-state index in [1.165, 1.54) is 4.90 Å². The van der Waals surface area contributed by atoms with Gasteiger partial charge in [-0.3, -0.25) is 4.79 Å². The van der Waals surface area contributed by atoms with Crippen molar-refractivity contribution in [1.29, 1.82) is 0 Å². The molecule has 2 rings (SSSR count). The lowest BCUT2D eigenvalue weighted by Gasteiger charge is -2.28. The maximum absolute atomic E-state index is 12.7. The van der Waals surface area contributed by atoms with Crippen molar-refractivity contribution in [2.75, 3.05) is 24.7 Å². The van der Waals surface area contributed by atoms with Gasteiger partial charge in [0.15, 0.2) is 9.84 Å². The first-order chi connectivity index (χ1) is 9.84. The normalized spacial score (nSPS) is 20.4. The van der Waals surface area contributed by atoms with Gasteiger partial charge >= 0.3 is 0 Å². The highest BCUT2D eigenvalue weighted by Crippen LogP contribution is 2.24. The van der Waals surface area contributed by atoms with Gasteiger partial charge in [0.05, 0.1) is 23.7 Å². The first-order valence-corrected chi connectivity index (χ1v) is 10.1. The molecule has 1 fully saturated rings. The minimum absolute atomic E-state index is 0.0275. The Morgan fingerprint density at radius 3 is 2.76 bits per heavy atom. The Bertz CT molecular complexity index is 650. The highest BCUT2D eigenvalue weighted by Gasteiger charge is 2.35. The van der Waals surface area contributed by atoms with Crippen LogP contribution < -0.4 is 0 Å². The first kappa shape index (κ1) is 17.2. The molecular formula is C13H15BrINO4S. The van der Waals surface area contributed by atoms with Gasteiger partial charge in [0.1, 0.15) is 0 Å². The number of benzene rings is 1. The summed E-state index contributed by atoms with van der Waals surface area (Å²) in [6.07, 6.45) is 0.426. The fourth-order valence-electron chi connectivity index (χ4n) is 2.39. The van der Waals surface area contributed by atoms with Crippen molar-refractivity contribution in [2.24, 2.45) is 0 Å². The summed E-state index contributed by atoms with van der Waals surface area (Å²) in [4.78, 5) is 14.2. The summed E-state index contributed by atoms with van der Waals surface area (Å²) >= 11 is 5.47. The second-order valence-corrected chi connectivity index (χ2v) is 9.23. The summed E-state index contributed by atoms with van der Waals surface area (Å²) in [5, 5.41) is 9.19. The van der Waals surface area contributed by atoms with Gasteiger partial charge in [0.2, 0.25) is 0 Å². The molecule has 1 aromatic carbocycles. The van der Waals surface area contributed by atoms with E-state index in [1.54, 1.807) is 12.1 Å². The highest BCUT2D eigenvalue weighted by atomic mass is 127. The quantitative estimate of drug-likeness (QED) is 0.655. The molecule has 1 unspecified atom stereocenters. The zero-order valence-corrected chi connectivity index (χ0v) is 15.7. The van der Waals surface area contributed by atoms with Crippen LogP contribution in [-0.4, -0.2) is 55.0 Å². The number of carbonyl (C=O) groups is 1. The minimum atomic E-state index is -3.08. The van der Waals surface area contributed by atoms with E-state index < -0.39 is 9.84 Å². The van der Waals surface area contributed by atoms with Crippen LogP contribution in [0.3, 0.4) is 0 Å². The van der Waals surface area contributed by atoms with Crippen molar-refractivity contribution in [3.63, 3.8) is 0 Å². The molecule has 0 saturated carbocycles. The molecule has 1 N–H and O–H groups in total. The largest absolute Gasteiger partial charge is 0.395 e. The van der Waals surface area contributed by atoms with E-state index in [2.05, 4.69) is 38.5 Å². The van der Waals surface area contributed by atoms with Crippen LogP contribution in [0.2, 0.25) is 0 Å². The maximum Gasteiger partial charge on any atom is 0.255 e. The van der Waals surface area contributed by atoms with E-state index in [9.17, 15) is 18.3 Å². The second-order valence-electron chi connectivity index (χ2n) is 4.90. The van der Waals surface area contributed by atoms with Crippen molar-refractivity contribution in [3.05, 3.63) is 31.8 Å². The van der Waals surface area contributed by atoms with Crippen LogP contribution in [0, 0.1) is 3.57 Å². The minimum Gasteiger partial charge on any atom is -0.395 e. The zero-order chi connectivity index (χ0) is 15.6. The van der Waals surface area contributed by atoms with E-state index in [0.29, 0.717) is 16.5 Å². The average Bonchev–Trinajstić information content (AvgIpc) is 2.78. The van der Waals surface area contributed by atoms with E-state index in [-0.39, 0.29) is 36.6 Å². The van der Waals surface area contributed by atoms with Gasteiger partial charge in [-0.25, -0.2) is 8.42 Å². The molecule has 116 valence electrons. The van der Waals surface area contributed by atoms with Crippen LogP contribution in [0.25, 0.3) is 0 Å². The predicted molar refractivity (Wildman–Crippen MR) is 92.0 cm³/mol. The molecule has 0 bridgehead atoms. The van der Waals surface area contributed by atoms with Crippen LogP contribution in [0.5, 0.6) is 0 Å².